The quantitative estimate of drug-likeness (QED) is 0.367. The minimum Gasteiger partial charge on any atom is -0.382 e. The van der Waals surface area contributed by atoms with Crippen LogP contribution in [0.4, 0.5) is 0 Å². The fraction of sp³-hybridized carbons (Fsp3) is 0.625. The Hall–Kier alpha value is -1.98. The zero-order valence-corrected chi connectivity index (χ0v) is 20.4. The third kappa shape index (κ3) is 4.87. The molecule has 0 amide bonds. The molecule has 5 rings (SSSR count). The topological polar surface area (TPSA) is 113 Å². The number of nitrogens with one attached hydrogen (secondary N) is 1. The van der Waals surface area contributed by atoms with Crippen LogP contribution >= 0.6 is 0 Å². The molecule has 0 radical (unpaired) electrons. The molecule has 3 atom stereocenters. The molecule has 1 saturated carbocycles. The smallest absolute Gasteiger partial charge is 0.171 e. The summed E-state index contributed by atoms with van der Waals surface area (Å²) in [5.41, 5.74) is 2.89. The molecule has 3 unspecified atom stereocenters. The summed E-state index contributed by atoms with van der Waals surface area (Å²) in [4.78, 5) is 11.0. The second-order valence-electron chi connectivity index (χ2n) is 9.46. The maximum absolute atomic E-state index is 12.5. The number of pyridine rings is 1. The monoisotopic (exact) mass is 487 g/mol. The molecule has 9 nitrogen and oxygen atoms in total. The lowest BCUT2D eigenvalue weighted by molar-refractivity contribution is -0.0290. The number of methoxy groups -OCH3 is 1. The van der Waals surface area contributed by atoms with Gasteiger partial charge in [-0.1, -0.05) is 0 Å². The third-order valence-electron chi connectivity index (χ3n) is 7.44. The van der Waals surface area contributed by atoms with Crippen LogP contribution in [0.25, 0.3) is 21.9 Å². The molecule has 1 aliphatic heterocycles. The summed E-state index contributed by atoms with van der Waals surface area (Å²) < 4.78 is 33.8. The second kappa shape index (κ2) is 10.7. The fourth-order valence-electron chi connectivity index (χ4n) is 5.84. The average molecular weight is 488 g/mol. The summed E-state index contributed by atoms with van der Waals surface area (Å²) in [7, 11) is 1.67. The number of hydrogen-bond acceptors (Lipinski definition) is 7. The van der Waals surface area contributed by atoms with Crippen molar-refractivity contribution in [2.24, 2.45) is 5.92 Å². The van der Waals surface area contributed by atoms with Gasteiger partial charge in [0.15, 0.2) is 16.7 Å². The zero-order valence-electron chi connectivity index (χ0n) is 19.6. The number of aromatic amines is 1. The Bertz CT molecular complexity index is 1130. The van der Waals surface area contributed by atoms with E-state index in [9.17, 15) is 8.76 Å². The fourth-order valence-corrected chi connectivity index (χ4v) is 6.89. The van der Waals surface area contributed by atoms with E-state index in [1.54, 1.807) is 19.5 Å². The summed E-state index contributed by atoms with van der Waals surface area (Å²) in [6.07, 6.45) is 11.4. The molecule has 3 aromatic heterocycles. The molecule has 0 bridgehead atoms. The lowest BCUT2D eigenvalue weighted by Crippen LogP contribution is -2.51. The summed E-state index contributed by atoms with van der Waals surface area (Å²) in [5, 5.41) is 9.30. The van der Waals surface area contributed by atoms with Gasteiger partial charge in [0.1, 0.15) is 5.37 Å². The lowest BCUT2D eigenvalue weighted by atomic mass is 9.77. The Morgan fingerprint density at radius 3 is 2.85 bits per heavy atom. The van der Waals surface area contributed by atoms with Gasteiger partial charge in [0, 0.05) is 30.6 Å². The van der Waals surface area contributed by atoms with E-state index < -0.39 is 11.1 Å². The van der Waals surface area contributed by atoms with Gasteiger partial charge >= 0.3 is 0 Å². The van der Waals surface area contributed by atoms with Crippen molar-refractivity contribution < 1.29 is 18.2 Å². The molecule has 34 heavy (non-hydrogen) atoms. The average Bonchev–Trinajstić information content (AvgIpc) is 3.34. The summed E-state index contributed by atoms with van der Waals surface area (Å²) in [6.45, 7) is 2.68. The molecule has 2 N–H and O–H groups in total. The highest BCUT2D eigenvalue weighted by molar-refractivity contribution is 7.79. The first kappa shape index (κ1) is 23.7. The number of likely N-dealkylation sites (tertiary alicyclic amines) is 1. The number of ether oxygens (including phenoxy) is 2. The molecule has 4 heterocycles. The molecule has 2 aliphatic rings. The van der Waals surface area contributed by atoms with Gasteiger partial charge < -0.3 is 14.0 Å². The van der Waals surface area contributed by atoms with Gasteiger partial charge in [0.25, 0.3) is 0 Å². The van der Waals surface area contributed by atoms with Crippen LogP contribution in [-0.2, 0) is 20.6 Å². The van der Waals surface area contributed by atoms with Crippen LogP contribution in [0.15, 0.2) is 24.7 Å². The Morgan fingerprint density at radius 1 is 1.21 bits per heavy atom. The van der Waals surface area contributed by atoms with Gasteiger partial charge in [-0.2, -0.15) is 5.10 Å². The van der Waals surface area contributed by atoms with E-state index in [4.69, 9.17) is 9.47 Å². The van der Waals surface area contributed by atoms with Crippen molar-refractivity contribution in [3.8, 4) is 0 Å². The van der Waals surface area contributed by atoms with Crippen molar-refractivity contribution in [1.82, 2.24) is 25.1 Å². The lowest BCUT2D eigenvalue weighted by Gasteiger charge is -2.41. The minimum absolute atomic E-state index is 0.0958. The number of nitrogens with zero attached hydrogens (tertiary/aromatic N) is 4. The Balaban J connectivity index is 1.29. The van der Waals surface area contributed by atoms with E-state index in [1.807, 2.05) is 12.3 Å². The first-order chi connectivity index (χ1) is 16.7. The summed E-state index contributed by atoms with van der Waals surface area (Å²) in [5.74, 6) is 0.553. The van der Waals surface area contributed by atoms with Crippen molar-refractivity contribution in [2.45, 2.75) is 55.9 Å². The van der Waals surface area contributed by atoms with E-state index in [-0.39, 0.29) is 17.4 Å². The van der Waals surface area contributed by atoms with Crippen LogP contribution in [0.2, 0.25) is 0 Å². The number of fused-ring (bicyclic) bond motifs is 3. The van der Waals surface area contributed by atoms with Crippen LogP contribution < -0.4 is 0 Å². The number of H-pyrrole nitrogens is 1. The van der Waals surface area contributed by atoms with Crippen LogP contribution in [0.3, 0.4) is 0 Å². The minimum atomic E-state index is -1.90. The SMILES string of the molecule is COCCOC1CCCN(C(C2CCC(c3cn[nH]c4cnc5nccc5c34)CC2)S(=O)O)C1. The molecule has 3 aromatic rings. The van der Waals surface area contributed by atoms with Gasteiger partial charge in [-0.15, -0.1) is 0 Å². The van der Waals surface area contributed by atoms with Crippen LogP contribution in [-0.4, -0.2) is 78.7 Å². The van der Waals surface area contributed by atoms with Crippen LogP contribution in [0.1, 0.15) is 50.0 Å². The van der Waals surface area contributed by atoms with Gasteiger partial charge in [-0.3, -0.25) is 10.00 Å². The predicted octanol–water partition coefficient (Wildman–Crippen LogP) is 3.46. The summed E-state index contributed by atoms with van der Waals surface area (Å²) >= 11 is -1.90. The van der Waals surface area contributed by atoms with E-state index in [0.29, 0.717) is 25.7 Å². The Kier molecular flexibility index (Phi) is 7.50. The maximum atomic E-state index is 12.5. The molecule has 10 heteroatoms. The maximum Gasteiger partial charge on any atom is 0.171 e. The van der Waals surface area contributed by atoms with Gasteiger partial charge in [-0.25, -0.2) is 14.2 Å². The number of aromatic nitrogens is 4. The van der Waals surface area contributed by atoms with Crippen molar-refractivity contribution in [3.63, 3.8) is 0 Å². The van der Waals surface area contributed by atoms with Gasteiger partial charge in [0.2, 0.25) is 0 Å². The van der Waals surface area contributed by atoms with Gasteiger partial charge in [-0.05, 0) is 68.5 Å². The van der Waals surface area contributed by atoms with Crippen molar-refractivity contribution in [2.75, 3.05) is 33.4 Å². The Morgan fingerprint density at radius 2 is 2.06 bits per heavy atom. The predicted molar refractivity (Wildman–Crippen MR) is 131 cm³/mol. The highest BCUT2D eigenvalue weighted by atomic mass is 32.2. The van der Waals surface area contributed by atoms with Crippen LogP contribution in [0.5, 0.6) is 0 Å². The molecular formula is C24H33N5O4S. The zero-order chi connectivity index (χ0) is 23.5. The number of hydrogen-bond donors (Lipinski definition) is 2. The highest BCUT2D eigenvalue weighted by Gasteiger charge is 2.38. The first-order valence-electron chi connectivity index (χ1n) is 12.2. The van der Waals surface area contributed by atoms with E-state index >= 15 is 0 Å². The molecule has 0 aromatic carbocycles. The van der Waals surface area contributed by atoms with Crippen molar-refractivity contribution >= 4 is 33.0 Å². The molecule has 0 spiro atoms. The van der Waals surface area contributed by atoms with Crippen molar-refractivity contribution in [1.29, 1.82) is 0 Å². The molecular weight excluding hydrogens is 454 g/mol. The van der Waals surface area contributed by atoms with Crippen LogP contribution in [0, 0.1) is 5.92 Å². The van der Waals surface area contributed by atoms with E-state index in [1.165, 1.54) is 5.56 Å². The molecule has 1 saturated heterocycles. The van der Waals surface area contributed by atoms with Crippen molar-refractivity contribution in [3.05, 3.63) is 30.2 Å². The third-order valence-corrected chi connectivity index (χ3v) is 8.54. The summed E-state index contributed by atoms with van der Waals surface area (Å²) in [6, 6.07) is 2.01. The highest BCUT2D eigenvalue weighted by Crippen LogP contribution is 2.42. The van der Waals surface area contributed by atoms with E-state index in [0.717, 1.165) is 67.0 Å². The van der Waals surface area contributed by atoms with Gasteiger partial charge in [0.05, 0.1) is 37.2 Å². The number of piperidine rings is 1. The largest absolute Gasteiger partial charge is 0.382 e. The standard InChI is InChI=1S/C24H33N5O4S/c1-32-11-12-33-18-3-2-10-29(15-18)24(34(30)31)17-6-4-16(5-7-17)20-13-27-28-21-14-26-23-19(22(20)21)8-9-25-23/h8-9,13-14,16-18,24,28H,2-7,10-12,15H2,1H3,(H,30,31). The molecule has 184 valence electrons. The number of rotatable bonds is 8. The van der Waals surface area contributed by atoms with E-state index in [2.05, 4.69) is 25.1 Å². The molecule has 1 aliphatic carbocycles. The second-order valence-corrected chi connectivity index (χ2v) is 10.5. The Labute approximate surface area is 201 Å². The first-order valence-corrected chi connectivity index (χ1v) is 13.3. The molecule has 2 fully saturated rings. The normalized spacial score (nSPS) is 26.1.